The highest BCUT2D eigenvalue weighted by Gasteiger charge is 2.34. The van der Waals surface area contributed by atoms with Crippen LogP contribution in [0.5, 0.6) is 11.5 Å². The number of carbonyl (C=O) groups excluding carboxylic acids is 3. The number of rotatable bonds is 8. The molecule has 0 aliphatic carbocycles. The predicted octanol–water partition coefficient (Wildman–Crippen LogP) is 3.64. The highest BCUT2D eigenvalue weighted by atomic mass is 79.9. The van der Waals surface area contributed by atoms with Crippen LogP contribution in [0.15, 0.2) is 52.5 Å². The average molecular weight is 503 g/mol. The number of hydrogen-bond acceptors (Lipinski definition) is 6. The van der Waals surface area contributed by atoms with Crippen LogP contribution in [0, 0.1) is 0 Å². The smallest absolute Gasteiger partial charge is 0.347 e. The van der Waals surface area contributed by atoms with Crippen LogP contribution in [-0.2, 0) is 19.1 Å². The van der Waals surface area contributed by atoms with Crippen LogP contribution in [0.25, 0.3) is 6.08 Å². The van der Waals surface area contributed by atoms with Crippen molar-refractivity contribution in [3.05, 3.63) is 58.1 Å². The Kier molecular flexibility index (Phi) is 7.53. The van der Waals surface area contributed by atoms with Gasteiger partial charge in [-0.25, -0.2) is 9.80 Å². The maximum Gasteiger partial charge on any atom is 0.347 e. The number of hydrogen-bond donors (Lipinski definition) is 1. The monoisotopic (exact) mass is 502 g/mol. The van der Waals surface area contributed by atoms with Crippen molar-refractivity contribution in [2.45, 2.75) is 26.9 Å². The fourth-order valence-corrected chi connectivity index (χ4v) is 3.57. The molecule has 1 fully saturated rings. The topological polar surface area (TPSA) is 94.2 Å². The fraction of sp³-hybridized carbons (Fsp3) is 0.261. The van der Waals surface area contributed by atoms with Gasteiger partial charge < -0.3 is 14.2 Å². The molecular formula is C23H23BrN2O6. The number of nitrogens with one attached hydrogen (secondary N) is 1. The first-order valence-electron chi connectivity index (χ1n) is 10.1. The Morgan fingerprint density at radius 3 is 2.53 bits per heavy atom. The summed E-state index contributed by atoms with van der Waals surface area (Å²) < 4.78 is 16.9. The van der Waals surface area contributed by atoms with Gasteiger partial charge in [0.25, 0.3) is 11.8 Å². The lowest BCUT2D eigenvalue weighted by Gasteiger charge is -2.18. The van der Waals surface area contributed by atoms with Crippen LogP contribution >= 0.6 is 15.9 Å². The molecule has 1 aliphatic heterocycles. The lowest BCUT2D eigenvalue weighted by molar-refractivity contribution is -0.150. The van der Waals surface area contributed by atoms with E-state index in [2.05, 4.69) is 21.4 Å². The lowest BCUT2D eigenvalue weighted by Crippen LogP contribution is -2.35. The molecule has 1 heterocycles. The molecular weight excluding hydrogens is 480 g/mol. The van der Waals surface area contributed by atoms with Crippen molar-refractivity contribution in [3.63, 3.8) is 0 Å². The van der Waals surface area contributed by atoms with E-state index in [0.717, 1.165) is 0 Å². The largest absolute Gasteiger partial charge is 0.490 e. The van der Waals surface area contributed by atoms with E-state index in [1.165, 1.54) is 11.1 Å². The molecule has 0 unspecified atom stereocenters. The molecule has 1 aliphatic rings. The number of para-hydroxylation sites is 1. The van der Waals surface area contributed by atoms with Gasteiger partial charge in [-0.05, 0) is 72.6 Å². The van der Waals surface area contributed by atoms with Crippen LogP contribution in [-0.4, -0.2) is 37.1 Å². The molecule has 8 nitrogen and oxygen atoms in total. The first kappa shape index (κ1) is 23.3. The van der Waals surface area contributed by atoms with Crippen molar-refractivity contribution in [2.75, 3.05) is 18.2 Å². The quantitative estimate of drug-likeness (QED) is 0.336. The molecule has 0 saturated carbocycles. The second-order valence-corrected chi connectivity index (χ2v) is 7.60. The zero-order chi connectivity index (χ0) is 23.3. The summed E-state index contributed by atoms with van der Waals surface area (Å²) in [5.41, 5.74) is 3.65. The summed E-state index contributed by atoms with van der Waals surface area (Å²) in [6.45, 7) is 5.69. The Labute approximate surface area is 194 Å². The fourth-order valence-electron chi connectivity index (χ4n) is 3.02. The number of nitrogens with zero attached hydrogens (tertiary/aromatic N) is 1. The molecule has 9 heteroatoms. The molecule has 3 rings (SSSR count). The molecule has 1 atom stereocenters. The minimum atomic E-state index is -0.851. The van der Waals surface area contributed by atoms with E-state index >= 15 is 0 Å². The van der Waals surface area contributed by atoms with Gasteiger partial charge in [0.05, 0.1) is 23.4 Å². The Morgan fingerprint density at radius 2 is 1.88 bits per heavy atom. The molecule has 0 bridgehead atoms. The Morgan fingerprint density at radius 1 is 1.16 bits per heavy atom. The summed E-state index contributed by atoms with van der Waals surface area (Å²) in [7, 11) is 0. The molecule has 1 N–H and O–H groups in total. The molecule has 0 aromatic heterocycles. The molecule has 0 radical (unpaired) electrons. The van der Waals surface area contributed by atoms with Gasteiger partial charge in [-0.15, -0.1) is 0 Å². The summed E-state index contributed by atoms with van der Waals surface area (Å²) in [6, 6.07) is 12.1. The van der Waals surface area contributed by atoms with Crippen molar-refractivity contribution in [1.82, 2.24) is 5.43 Å². The first-order chi connectivity index (χ1) is 15.3. The van der Waals surface area contributed by atoms with E-state index < -0.39 is 23.9 Å². The number of esters is 1. The Bertz CT molecular complexity index is 1050. The second kappa shape index (κ2) is 10.3. The highest BCUT2D eigenvalue weighted by molar-refractivity contribution is 9.10. The summed E-state index contributed by atoms with van der Waals surface area (Å²) in [5.74, 6) is -0.795. The number of amides is 2. The maximum absolute atomic E-state index is 12.8. The van der Waals surface area contributed by atoms with Crippen LogP contribution in [0.4, 0.5) is 5.69 Å². The lowest BCUT2D eigenvalue weighted by atomic mass is 10.1. The summed E-state index contributed by atoms with van der Waals surface area (Å²) >= 11 is 3.43. The molecule has 168 valence electrons. The van der Waals surface area contributed by atoms with Crippen LogP contribution in [0.2, 0.25) is 0 Å². The van der Waals surface area contributed by atoms with E-state index in [1.54, 1.807) is 50.2 Å². The molecule has 0 spiro atoms. The van der Waals surface area contributed by atoms with Crippen LogP contribution < -0.4 is 19.9 Å². The van der Waals surface area contributed by atoms with Crippen LogP contribution in [0.1, 0.15) is 26.3 Å². The van der Waals surface area contributed by atoms with Gasteiger partial charge in [-0.2, -0.15) is 0 Å². The number of hydrazine groups is 1. The van der Waals surface area contributed by atoms with Gasteiger partial charge in [0.1, 0.15) is 5.57 Å². The number of anilines is 1. The zero-order valence-electron chi connectivity index (χ0n) is 17.9. The summed E-state index contributed by atoms with van der Waals surface area (Å²) in [5, 5.41) is 1.20. The Hall–Kier alpha value is -3.33. The average Bonchev–Trinajstić information content (AvgIpc) is 3.05. The standard InChI is InChI=1S/C23H23BrN2O6/c1-4-30-19-13-15(12-18(24)20(19)32-14(3)23(29)31-5-2)11-17-21(27)25-26(22(17)28)16-9-7-6-8-10-16/h6-14H,4-5H2,1-3H3,(H,25,27)/b17-11-/t14-/m1/s1. The predicted molar refractivity (Wildman–Crippen MR) is 122 cm³/mol. The number of carbonyl (C=O) groups is 3. The minimum absolute atomic E-state index is 0.0169. The molecule has 2 amide bonds. The van der Waals surface area contributed by atoms with E-state index in [4.69, 9.17) is 14.2 Å². The van der Waals surface area contributed by atoms with Gasteiger partial charge in [0, 0.05) is 0 Å². The van der Waals surface area contributed by atoms with Gasteiger partial charge in [0.2, 0.25) is 0 Å². The normalized spacial score (nSPS) is 15.5. The number of benzene rings is 2. The second-order valence-electron chi connectivity index (χ2n) is 6.75. The van der Waals surface area contributed by atoms with Crippen molar-refractivity contribution >= 4 is 45.5 Å². The third kappa shape index (κ3) is 5.11. The number of halogens is 1. The first-order valence-corrected chi connectivity index (χ1v) is 10.9. The van der Waals surface area contributed by atoms with E-state index in [0.29, 0.717) is 33.8 Å². The highest BCUT2D eigenvalue weighted by Crippen LogP contribution is 2.38. The maximum atomic E-state index is 12.8. The van der Waals surface area contributed by atoms with Crippen molar-refractivity contribution < 1.29 is 28.6 Å². The van der Waals surface area contributed by atoms with Gasteiger partial charge in [0.15, 0.2) is 17.6 Å². The Balaban J connectivity index is 1.91. The number of ether oxygens (including phenoxy) is 3. The summed E-state index contributed by atoms with van der Waals surface area (Å²) in [6.07, 6.45) is 0.628. The summed E-state index contributed by atoms with van der Waals surface area (Å²) in [4.78, 5) is 37.2. The van der Waals surface area contributed by atoms with Crippen LogP contribution in [0.3, 0.4) is 0 Å². The minimum Gasteiger partial charge on any atom is -0.490 e. The molecule has 2 aromatic rings. The van der Waals surface area contributed by atoms with Crippen molar-refractivity contribution in [3.8, 4) is 11.5 Å². The van der Waals surface area contributed by atoms with Gasteiger partial charge >= 0.3 is 5.97 Å². The van der Waals surface area contributed by atoms with E-state index in [-0.39, 0.29) is 12.2 Å². The van der Waals surface area contributed by atoms with E-state index in [9.17, 15) is 14.4 Å². The van der Waals surface area contributed by atoms with Gasteiger partial charge in [-0.1, -0.05) is 18.2 Å². The SMILES string of the molecule is CCOC(=O)[C@@H](C)Oc1c(Br)cc(/C=C2/C(=O)NN(c3ccccc3)C2=O)cc1OCC. The van der Waals surface area contributed by atoms with E-state index in [1.807, 2.05) is 13.0 Å². The van der Waals surface area contributed by atoms with Crippen molar-refractivity contribution in [2.24, 2.45) is 0 Å². The third-order valence-electron chi connectivity index (χ3n) is 4.46. The van der Waals surface area contributed by atoms with Gasteiger partial charge in [-0.3, -0.25) is 15.0 Å². The zero-order valence-corrected chi connectivity index (χ0v) is 19.5. The van der Waals surface area contributed by atoms with Crippen molar-refractivity contribution in [1.29, 1.82) is 0 Å². The molecule has 2 aromatic carbocycles. The molecule has 32 heavy (non-hydrogen) atoms. The molecule has 1 saturated heterocycles. The third-order valence-corrected chi connectivity index (χ3v) is 5.05.